The minimum atomic E-state index is 0.844. The number of furan rings is 1. The maximum absolute atomic E-state index is 6.39. The van der Waals surface area contributed by atoms with Gasteiger partial charge in [0.25, 0.3) is 0 Å². The fraction of sp³-hybridized carbons (Fsp3) is 0. The molecule has 7 aromatic carbocycles. The van der Waals surface area contributed by atoms with E-state index in [9.17, 15) is 0 Å². The van der Waals surface area contributed by atoms with E-state index in [0.29, 0.717) is 0 Å². The van der Waals surface area contributed by atoms with Crippen molar-refractivity contribution < 1.29 is 4.42 Å². The minimum absolute atomic E-state index is 0.844. The summed E-state index contributed by atoms with van der Waals surface area (Å²) < 4.78 is 6.39. The number of fused-ring (bicyclic) bond motifs is 1. The van der Waals surface area contributed by atoms with Gasteiger partial charge in [0.15, 0.2) is 0 Å². The lowest BCUT2D eigenvalue weighted by molar-refractivity contribution is 0.631. The topological polar surface area (TPSA) is 16.4 Å². The average Bonchev–Trinajstić information content (AvgIpc) is 3.58. The van der Waals surface area contributed by atoms with Crippen LogP contribution in [0.4, 0.5) is 17.1 Å². The molecule has 0 radical (unpaired) electrons. The SMILES string of the molecule is c1ccc(-c2ccc(N(c3ccc(-c4cccc(-c5ccccc5)c4)cc3)c3ccccc3-c3cc4ccccc4o3)cc2)cc1. The molecule has 2 nitrogen and oxygen atoms in total. The van der Waals surface area contributed by atoms with Crippen molar-refractivity contribution in [1.82, 2.24) is 0 Å². The van der Waals surface area contributed by atoms with Crippen molar-refractivity contribution >= 4 is 28.0 Å². The zero-order chi connectivity index (χ0) is 30.7. The number of nitrogens with zero attached hydrogens (tertiary/aromatic N) is 1. The molecule has 0 bridgehead atoms. The third-order valence-electron chi connectivity index (χ3n) is 8.50. The highest BCUT2D eigenvalue weighted by Crippen LogP contribution is 2.43. The van der Waals surface area contributed by atoms with E-state index in [4.69, 9.17) is 4.42 Å². The summed E-state index contributed by atoms with van der Waals surface area (Å²) >= 11 is 0. The van der Waals surface area contributed by atoms with Gasteiger partial charge in [0.05, 0.1) is 5.69 Å². The number of hydrogen-bond donors (Lipinski definition) is 0. The second-order valence-electron chi connectivity index (χ2n) is 11.4. The van der Waals surface area contributed by atoms with E-state index in [0.717, 1.165) is 39.4 Å². The Balaban J connectivity index is 1.22. The number of para-hydroxylation sites is 2. The first-order valence-electron chi connectivity index (χ1n) is 15.6. The third-order valence-corrected chi connectivity index (χ3v) is 8.50. The summed E-state index contributed by atoms with van der Waals surface area (Å²) in [5, 5.41) is 1.09. The minimum Gasteiger partial charge on any atom is -0.456 e. The number of hydrogen-bond acceptors (Lipinski definition) is 2. The molecule has 0 amide bonds. The third kappa shape index (κ3) is 5.38. The highest BCUT2D eigenvalue weighted by molar-refractivity contribution is 5.91. The predicted octanol–water partition coefficient (Wildman–Crippen LogP) is 12.6. The molecule has 0 unspecified atom stereocenters. The fourth-order valence-corrected chi connectivity index (χ4v) is 6.16. The molecule has 0 fully saturated rings. The average molecular weight is 590 g/mol. The van der Waals surface area contributed by atoms with Crippen LogP contribution in [0.2, 0.25) is 0 Å². The first-order chi connectivity index (χ1) is 22.8. The summed E-state index contributed by atoms with van der Waals surface area (Å²) in [7, 11) is 0. The standard InChI is InChI=1S/C44H31NO/c1-3-12-32(13-4-1)34-22-26-39(27-23-34)45(42-20-9-8-19-41(42)44-31-38-16-7-10-21-43(38)46-44)40-28-24-35(25-29-40)37-18-11-17-36(30-37)33-14-5-2-6-15-33/h1-31H. The second kappa shape index (κ2) is 12.1. The highest BCUT2D eigenvalue weighted by atomic mass is 16.3. The van der Waals surface area contributed by atoms with Crippen LogP contribution < -0.4 is 4.90 Å². The van der Waals surface area contributed by atoms with Crippen molar-refractivity contribution in [3.05, 3.63) is 188 Å². The van der Waals surface area contributed by atoms with Gasteiger partial charge in [-0.25, -0.2) is 0 Å². The molecule has 0 spiro atoms. The van der Waals surface area contributed by atoms with Crippen LogP contribution >= 0.6 is 0 Å². The predicted molar refractivity (Wildman–Crippen MR) is 193 cm³/mol. The van der Waals surface area contributed by atoms with Crippen LogP contribution in [0.1, 0.15) is 0 Å². The number of anilines is 3. The zero-order valence-corrected chi connectivity index (χ0v) is 25.3. The highest BCUT2D eigenvalue weighted by Gasteiger charge is 2.19. The van der Waals surface area contributed by atoms with E-state index < -0.39 is 0 Å². The van der Waals surface area contributed by atoms with Gasteiger partial charge in [-0.2, -0.15) is 0 Å². The molecular formula is C44H31NO. The molecule has 8 aromatic rings. The van der Waals surface area contributed by atoms with Gasteiger partial charge in [0, 0.05) is 22.3 Å². The van der Waals surface area contributed by atoms with E-state index in [1.807, 2.05) is 18.2 Å². The Morgan fingerprint density at radius 3 is 1.46 bits per heavy atom. The van der Waals surface area contributed by atoms with Crippen LogP contribution in [0.3, 0.4) is 0 Å². The lowest BCUT2D eigenvalue weighted by Crippen LogP contribution is -2.11. The van der Waals surface area contributed by atoms with Gasteiger partial charge in [-0.1, -0.05) is 133 Å². The van der Waals surface area contributed by atoms with Crippen LogP contribution in [0, 0.1) is 0 Å². The van der Waals surface area contributed by atoms with E-state index in [2.05, 4.69) is 175 Å². The van der Waals surface area contributed by atoms with Gasteiger partial charge in [-0.15, -0.1) is 0 Å². The van der Waals surface area contributed by atoms with Crippen LogP contribution in [0.25, 0.3) is 55.7 Å². The zero-order valence-electron chi connectivity index (χ0n) is 25.3. The molecule has 0 atom stereocenters. The smallest absolute Gasteiger partial charge is 0.137 e. The molecule has 1 aromatic heterocycles. The lowest BCUT2D eigenvalue weighted by atomic mass is 9.98. The van der Waals surface area contributed by atoms with Crippen molar-refractivity contribution in [2.75, 3.05) is 4.90 Å². The van der Waals surface area contributed by atoms with Crippen LogP contribution in [-0.4, -0.2) is 0 Å². The van der Waals surface area contributed by atoms with Gasteiger partial charge in [0.1, 0.15) is 11.3 Å². The second-order valence-corrected chi connectivity index (χ2v) is 11.4. The van der Waals surface area contributed by atoms with Crippen LogP contribution in [-0.2, 0) is 0 Å². The molecule has 218 valence electrons. The van der Waals surface area contributed by atoms with Crippen molar-refractivity contribution in [2.45, 2.75) is 0 Å². The van der Waals surface area contributed by atoms with Crippen molar-refractivity contribution in [3.63, 3.8) is 0 Å². The van der Waals surface area contributed by atoms with E-state index in [1.54, 1.807) is 0 Å². The molecular weight excluding hydrogens is 558 g/mol. The number of benzene rings is 7. The molecule has 0 aliphatic heterocycles. The molecule has 0 N–H and O–H groups in total. The van der Waals surface area contributed by atoms with Crippen LogP contribution in [0.15, 0.2) is 192 Å². The Labute approximate surface area is 269 Å². The fourth-order valence-electron chi connectivity index (χ4n) is 6.16. The van der Waals surface area contributed by atoms with Crippen molar-refractivity contribution in [1.29, 1.82) is 0 Å². The van der Waals surface area contributed by atoms with Gasteiger partial charge in [0.2, 0.25) is 0 Å². The molecule has 0 aliphatic carbocycles. The Morgan fingerprint density at radius 1 is 0.348 bits per heavy atom. The Kier molecular flexibility index (Phi) is 7.22. The van der Waals surface area contributed by atoms with E-state index in [-0.39, 0.29) is 0 Å². The van der Waals surface area contributed by atoms with Crippen molar-refractivity contribution in [3.8, 4) is 44.7 Å². The van der Waals surface area contributed by atoms with E-state index in [1.165, 1.54) is 33.4 Å². The Bertz CT molecular complexity index is 2200. The van der Waals surface area contributed by atoms with Crippen molar-refractivity contribution in [2.24, 2.45) is 0 Å². The molecule has 0 aliphatic rings. The van der Waals surface area contributed by atoms with Crippen LogP contribution in [0.5, 0.6) is 0 Å². The molecule has 1 heterocycles. The molecule has 0 saturated heterocycles. The Morgan fingerprint density at radius 2 is 0.826 bits per heavy atom. The summed E-state index contributed by atoms with van der Waals surface area (Å²) in [5.41, 5.74) is 12.3. The molecule has 46 heavy (non-hydrogen) atoms. The summed E-state index contributed by atoms with van der Waals surface area (Å²) in [6.45, 7) is 0. The summed E-state index contributed by atoms with van der Waals surface area (Å²) in [4.78, 5) is 2.32. The van der Waals surface area contributed by atoms with Gasteiger partial charge >= 0.3 is 0 Å². The van der Waals surface area contributed by atoms with Gasteiger partial charge in [-0.05, 0) is 88.0 Å². The molecule has 2 heteroatoms. The molecule has 8 rings (SSSR count). The quantitative estimate of drug-likeness (QED) is 0.184. The molecule has 0 saturated carbocycles. The van der Waals surface area contributed by atoms with E-state index >= 15 is 0 Å². The van der Waals surface area contributed by atoms with Gasteiger partial charge < -0.3 is 9.32 Å². The summed E-state index contributed by atoms with van der Waals surface area (Å²) in [5.74, 6) is 0.844. The monoisotopic (exact) mass is 589 g/mol. The summed E-state index contributed by atoms with van der Waals surface area (Å²) in [6, 6.07) is 66.2. The first kappa shape index (κ1) is 27.4. The maximum Gasteiger partial charge on any atom is 0.137 e. The summed E-state index contributed by atoms with van der Waals surface area (Å²) in [6.07, 6.45) is 0. The first-order valence-corrected chi connectivity index (χ1v) is 15.6. The normalized spacial score (nSPS) is 11.0. The maximum atomic E-state index is 6.39. The Hall–Kier alpha value is -6.12. The van der Waals surface area contributed by atoms with Gasteiger partial charge in [-0.3, -0.25) is 0 Å². The number of rotatable bonds is 7. The lowest BCUT2D eigenvalue weighted by Gasteiger charge is -2.27. The largest absolute Gasteiger partial charge is 0.456 e.